The van der Waals surface area contributed by atoms with Crippen LogP contribution in [0, 0.1) is 6.92 Å². The number of sulfonamides is 1. The first-order valence-electron chi connectivity index (χ1n) is 5.69. The fourth-order valence-corrected chi connectivity index (χ4v) is 2.06. The second-order valence-corrected chi connectivity index (χ2v) is 5.76. The van der Waals surface area contributed by atoms with Crippen LogP contribution < -0.4 is 10.5 Å². The summed E-state index contributed by atoms with van der Waals surface area (Å²) in [4.78, 5) is 11.7. The highest BCUT2D eigenvalue weighted by Crippen LogP contribution is 2.09. The first-order valence-corrected chi connectivity index (χ1v) is 7.24. The van der Waals surface area contributed by atoms with E-state index in [1.807, 2.05) is 0 Å². The number of carbonyl (C=O) groups is 1. The Bertz CT molecular complexity index is 719. The van der Waals surface area contributed by atoms with Crippen molar-refractivity contribution in [1.29, 1.82) is 0 Å². The maximum absolute atomic E-state index is 11.7. The zero-order valence-corrected chi connectivity index (χ0v) is 11.5. The fraction of sp³-hybridized carbons (Fsp3) is 0.167. The molecule has 0 fully saturated rings. The van der Waals surface area contributed by atoms with Crippen molar-refractivity contribution in [3.8, 4) is 0 Å². The Hall–Kier alpha value is -2.19. The fourth-order valence-electron chi connectivity index (χ4n) is 1.54. The van der Waals surface area contributed by atoms with Crippen molar-refractivity contribution in [2.24, 2.45) is 5.14 Å². The lowest BCUT2D eigenvalue weighted by Gasteiger charge is -2.04. The van der Waals surface area contributed by atoms with Crippen LogP contribution in [-0.2, 0) is 16.6 Å². The van der Waals surface area contributed by atoms with Crippen molar-refractivity contribution < 1.29 is 17.7 Å². The number of rotatable bonds is 4. The molecule has 8 heteroatoms. The summed E-state index contributed by atoms with van der Waals surface area (Å²) in [5.41, 5.74) is 0.939. The van der Waals surface area contributed by atoms with Gasteiger partial charge in [0, 0.05) is 12.6 Å². The molecule has 0 unspecified atom stereocenters. The van der Waals surface area contributed by atoms with Gasteiger partial charge in [0.05, 0.1) is 4.90 Å². The van der Waals surface area contributed by atoms with Crippen LogP contribution in [0.2, 0.25) is 0 Å². The predicted molar refractivity (Wildman–Crippen MR) is 70.2 cm³/mol. The average Bonchev–Trinajstić information content (AvgIpc) is 2.82. The molecule has 1 aromatic carbocycles. The van der Waals surface area contributed by atoms with E-state index >= 15 is 0 Å². The van der Waals surface area contributed by atoms with Crippen LogP contribution in [0.4, 0.5) is 0 Å². The molecular formula is C12H13N3O4S. The van der Waals surface area contributed by atoms with Gasteiger partial charge in [-0.3, -0.25) is 4.79 Å². The SMILES string of the molecule is Cc1cc(C(=O)NCc2ccc(S(N)(=O)=O)cc2)no1. The average molecular weight is 295 g/mol. The van der Waals surface area contributed by atoms with Crippen LogP contribution in [0.1, 0.15) is 21.8 Å². The quantitative estimate of drug-likeness (QED) is 0.855. The number of hydrogen-bond donors (Lipinski definition) is 2. The molecule has 1 aromatic heterocycles. The second-order valence-electron chi connectivity index (χ2n) is 4.19. The van der Waals surface area contributed by atoms with Crippen molar-refractivity contribution in [2.45, 2.75) is 18.4 Å². The predicted octanol–water partition coefficient (Wildman–Crippen LogP) is 0.560. The normalized spacial score (nSPS) is 11.3. The van der Waals surface area contributed by atoms with Gasteiger partial charge in [-0.05, 0) is 24.6 Å². The molecule has 2 rings (SSSR count). The topological polar surface area (TPSA) is 115 Å². The van der Waals surface area contributed by atoms with Crippen LogP contribution in [-0.4, -0.2) is 19.5 Å². The molecule has 0 aliphatic heterocycles. The van der Waals surface area contributed by atoms with Crippen LogP contribution in [0.3, 0.4) is 0 Å². The van der Waals surface area contributed by atoms with Gasteiger partial charge in [-0.1, -0.05) is 17.3 Å². The lowest BCUT2D eigenvalue weighted by Crippen LogP contribution is -2.23. The van der Waals surface area contributed by atoms with Crippen LogP contribution in [0.25, 0.3) is 0 Å². The van der Waals surface area contributed by atoms with Crippen molar-refractivity contribution in [3.05, 3.63) is 47.3 Å². The van der Waals surface area contributed by atoms with E-state index in [4.69, 9.17) is 9.66 Å². The van der Waals surface area contributed by atoms with Gasteiger partial charge >= 0.3 is 0 Å². The summed E-state index contributed by atoms with van der Waals surface area (Å²) in [6, 6.07) is 7.45. The number of amides is 1. The number of nitrogens with two attached hydrogens (primary N) is 1. The van der Waals surface area contributed by atoms with Gasteiger partial charge in [-0.25, -0.2) is 13.6 Å². The Morgan fingerprint density at radius 1 is 1.35 bits per heavy atom. The van der Waals surface area contributed by atoms with Gasteiger partial charge in [0.2, 0.25) is 10.0 Å². The van der Waals surface area contributed by atoms with Crippen LogP contribution >= 0.6 is 0 Å². The number of aryl methyl sites for hydroxylation is 1. The highest BCUT2D eigenvalue weighted by molar-refractivity contribution is 7.89. The van der Waals surface area contributed by atoms with Gasteiger partial charge < -0.3 is 9.84 Å². The molecule has 0 radical (unpaired) electrons. The van der Waals surface area contributed by atoms with Crippen molar-refractivity contribution in [2.75, 3.05) is 0 Å². The Labute approximate surface area is 115 Å². The lowest BCUT2D eigenvalue weighted by atomic mass is 10.2. The third kappa shape index (κ3) is 3.43. The zero-order chi connectivity index (χ0) is 14.8. The lowest BCUT2D eigenvalue weighted by molar-refractivity contribution is 0.0942. The smallest absolute Gasteiger partial charge is 0.273 e. The maximum Gasteiger partial charge on any atom is 0.273 e. The van der Waals surface area contributed by atoms with E-state index in [0.29, 0.717) is 5.76 Å². The summed E-state index contributed by atoms with van der Waals surface area (Å²) in [7, 11) is -3.70. The minimum Gasteiger partial charge on any atom is -0.361 e. The zero-order valence-electron chi connectivity index (χ0n) is 10.7. The highest BCUT2D eigenvalue weighted by Gasteiger charge is 2.11. The van der Waals surface area contributed by atoms with Crippen LogP contribution in [0.5, 0.6) is 0 Å². The second kappa shape index (κ2) is 5.43. The molecule has 0 atom stereocenters. The molecule has 20 heavy (non-hydrogen) atoms. The largest absolute Gasteiger partial charge is 0.361 e. The molecule has 7 nitrogen and oxygen atoms in total. The van der Waals surface area contributed by atoms with E-state index in [1.54, 1.807) is 19.1 Å². The summed E-state index contributed by atoms with van der Waals surface area (Å²) in [6.07, 6.45) is 0. The number of nitrogens with one attached hydrogen (secondary N) is 1. The van der Waals surface area contributed by atoms with E-state index in [-0.39, 0.29) is 23.0 Å². The number of aromatic nitrogens is 1. The minimum absolute atomic E-state index is 0.0275. The molecular weight excluding hydrogens is 282 g/mol. The van der Waals surface area contributed by atoms with E-state index in [1.165, 1.54) is 18.2 Å². The minimum atomic E-state index is -3.70. The number of benzene rings is 1. The summed E-state index contributed by atoms with van der Waals surface area (Å²) >= 11 is 0. The standard InChI is InChI=1S/C12H13N3O4S/c1-8-6-11(15-19-8)12(16)14-7-9-2-4-10(5-3-9)20(13,17)18/h2-6H,7H2,1H3,(H,14,16)(H2,13,17,18). The van der Waals surface area contributed by atoms with Gasteiger partial charge in [-0.15, -0.1) is 0 Å². The first kappa shape index (κ1) is 14.2. The number of hydrogen-bond acceptors (Lipinski definition) is 5. The van der Waals surface area contributed by atoms with Gasteiger partial charge in [0.15, 0.2) is 5.69 Å². The van der Waals surface area contributed by atoms with Gasteiger partial charge in [-0.2, -0.15) is 0 Å². The number of carbonyl (C=O) groups excluding carboxylic acids is 1. The summed E-state index contributed by atoms with van der Waals surface area (Å²) in [6.45, 7) is 1.94. The molecule has 0 saturated heterocycles. The van der Waals surface area contributed by atoms with E-state index in [9.17, 15) is 13.2 Å². The molecule has 1 heterocycles. The molecule has 2 aromatic rings. The molecule has 1 amide bonds. The molecule has 0 spiro atoms. The van der Waals surface area contributed by atoms with Crippen molar-refractivity contribution >= 4 is 15.9 Å². The third-order valence-electron chi connectivity index (χ3n) is 2.57. The Morgan fingerprint density at radius 3 is 2.50 bits per heavy atom. The molecule has 106 valence electrons. The van der Waals surface area contributed by atoms with Crippen molar-refractivity contribution in [3.63, 3.8) is 0 Å². The first-order chi connectivity index (χ1) is 9.36. The monoisotopic (exact) mass is 295 g/mol. The van der Waals surface area contributed by atoms with E-state index < -0.39 is 10.0 Å². The number of primary sulfonamides is 1. The summed E-state index contributed by atoms with van der Waals surface area (Å²) in [5, 5.41) is 11.2. The Balaban J connectivity index is 1.99. The molecule has 0 bridgehead atoms. The Morgan fingerprint density at radius 2 is 2.00 bits per heavy atom. The van der Waals surface area contributed by atoms with Crippen molar-refractivity contribution in [1.82, 2.24) is 10.5 Å². The van der Waals surface area contributed by atoms with Gasteiger partial charge in [0.1, 0.15) is 5.76 Å². The maximum atomic E-state index is 11.7. The summed E-state index contributed by atoms with van der Waals surface area (Å²) in [5.74, 6) is 0.185. The number of nitrogens with zero attached hydrogens (tertiary/aromatic N) is 1. The summed E-state index contributed by atoms with van der Waals surface area (Å²) < 4.78 is 27.0. The van der Waals surface area contributed by atoms with E-state index in [0.717, 1.165) is 5.56 Å². The molecule has 0 aliphatic rings. The van der Waals surface area contributed by atoms with Crippen LogP contribution in [0.15, 0.2) is 39.8 Å². The third-order valence-corrected chi connectivity index (χ3v) is 3.49. The molecule has 0 aliphatic carbocycles. The molecule has 0 saturated carbocycles. The Kier molecular flexibility index (Phi) is 3.86. The highest BCUT2D eigenvalue weighted by atomic mass is 32.2. The van der Waals surface area contributed by atoms with Gasteiger partial charge in [0.25, 0.3) is 5.91 Å². The molecule has 3 N–H and O–H groups in total. The van der Waals surface area contributed by atoms with E-state index in [2.05, 4.69) is 10.5 Å².